The summed E-state index contributed by atoms with van der Waals surface area (Å²) in [5.74, 6) is 0.798. The Balaban J connectivity index is 1.87. The van der Waals surface area contributed by atoms with E-state index in [1.165, 1.54) is 4.90 Å². The molecule has 2 aromatic rings. The molecule has 1 N–H and O–H groups in total. The fourth-order valence-electron chi connectivity index (χ4n) is 2.32. The van der Waals surface area contributed by atoms with Crippen molar-refractivity contribution in [3.63, 3.8) is 0 Å². The van der Waals surface area contributed by atoms with Crippen molar-refractivity contribution in [3.05, 3.63) is 36.2 Å². The summed E-state index contributed by atoms with van der Waals surface area (Å²) in [5.41, 5.74) is 0.834. The van der Waals surface area contributed by atoms with E-state index in [0.29, 0.717) is 18.3 Å². The Labute approximate surface area is 109 Å². The van der Waals surface area contributed by atoms with Crippen molar-refractivity contribution in [1.82, 2.24) is 15.1 Å². The molecule has 1 aliphatic rings. The molecule has 1 saturated heterocycles. The fraction of sp³-hybridized carbons (Fsp3) is 0.308. The summed E-state index contributed by atoms with van der Waals surface area (Å²) in [6.45, 7) is 0.517. The van der Waals surface area contributed by atoms with Crippen LogP contribution in [0.1, 0.15) is 24.8 Å². The standard InChI is InChI=1S/C13H13N3O3/c17-13(18)16-8-4-7-10(16)12-15-14-11(19-12)9-5-2-1-3-6-9/h1-3,5-6,10H,4,7-8H2,(H,17,18)/t10-/m0/s1. The number of aromatic nitrogens is 2. The Kier molecular flexibility index (Phi) is 2.91. The quantitative estimate of drug-likeness (QED) is 0.896. The van der Waals surface area contributed by atoms with Crippen molar-refractivity contribution in [2.75, 3.05) is 6.54 Å². The summed E-state index contributed by atoms with van der Waals surface area (Å²) >= 11 is 0. The molecule has 0 radical (unpaired) electrons. The number of nitrogens with zero attached hydrogens (tertiary/aromatic N) is 3. The van der Waals surface area contributed by atoms with Gasteiger partial charge in [0.2, 0.25) is 11.8 Å². The van der Waals surface area contributed by atoms with Crippen molar-refractivity contribution in [3.8, 4) is 11.5 Å². The topological polar surface area (TPSA) is 79.5 Å². The molecule has 0 spiro atoms. The van der Waals surface area contributed by atoms with Crippen LogP contribution < -0.4 is 0 Å². The first-order valence-corrected chi connectivity index (χ1v) is 6.14. The molecule has 6 heteroatoms. The first-order valence-electron chi connectivity index (χ1n) is 6.14. The third kappa shape index (κ3) is 2.16. The first-order chi connectivity index (χ1) is 9.25. The Hall–Kier alpha value is -2.37. The second-order valence-corrected chi connectivity index (χ2v) is 4.45. The molecule has 19 heavy (non-hydrogen) atoms. The average molecular weight is 259 g/mol. The third-order valence-electron chi connectivity index (χ3n) is 3.24. The van der Waals surface area contributed by atoms with Gasteiger partial charge in [-0.1, -0.05) is 18.2 Å². The van der Waals surface area contributed by atoms with Crippen LogP contribution in [0.3, 0.4) is 0 Å². The highest BCUT2D eigenvalue weighted by molar-refractivity contribution is 5.66. The number of rotatable bonds is 2. The molecule has 1 aliphatic heterocycles. The summed E-state index contributed by atoms with van der Waals surface area (Å²) in [6.07, 6.45) is 0.602. The summed E-state index contributed by atoms with van der Waals surface area (Å²) in [5, 5.41) is 17.1. The summed E-state index contributed by atoms with van der Waals surface area (Å²) < 4.78 is 5.61. The molecule has 1 aromatic heterocycles. The van der Waals surface area contributed by atoms with E-state index in [1.807, 2.05) is 30.3 Å². The highest BCUT2D eigenvalue weighted by Gasteiger charge is 2.33. The molecule has 0 aliphatic carbocycles. The second kappa shape index (κ2) is 4.72. The van der Waals surface area contributed by atoms with Crippen molar-refractivity contribution >= 4 is 6.09 Å². The number of carbonyl (C=O) groups is 1. The number of carboxylic acid groups (broad SMARTS) is 1. The Morgan fingerprint density at radius 1 is 1.32 bits per heavy atom. The molecule has 0 bridgehead atoms. The Bertz CT molecular complexity index is 582. The van der Waals surface area contributed by atoms with Crippen molar-refractivity contribution < 1.29 is 14.3 Å². The zero-order chi connectivity index (χ0) is 13.2. The highest BCUT2D eigenvalue weighted by Crippen LogP contribution is 2.32. The van der Waals surface area contributed by atoms with Gasteiger partial charge in [-0.2, -0.15) is 0 Å². The monoisotopic (exact) mass is 259 g/mol. The van der Waals surface area contributed by atoms with Gasteiger partial charge in [-0.15, -0.1) is 10.2 Å². The minimum Gasteiger partial charge on any atom is -0.465 e. The normalized spacial score (nSPS) is 18.7. The maximum absolute atomic E-state index is 11.1. The Morgan fingerprint density at radius 3 is 2.84 bits per heavy atom. The van der Waals surface area contributed by atoms with E-state index in [9.17, 15) is 4.79 Å². The van der Waals surface area contributed by atoms with E-state index >= 15 is 0 Å². The average Bonchev–Trinajstić information content (AvgIpc) is 3.08. The van der Waals surface area contributed by atoms with E-state index in [-0.39, 0.29) is 6.04 Å². The number of hydrogen-bond acceptors (Lipinski definition) is 4. The zero-order valence-corrected chi connectivity index (χ0v) is 10.2. The molecule has 1 atom stereocenters. The van der Waals surface area contributed by atoms with E-state index in [0.717, 1.165) is 18.4 Å². The largest absolute Gasteiger partial charge is 0.465 e. The molecule has 2 heterocycles. The minimum atomic E-state index is -0.943. The number of amides is 1. The molecule has 0 unspecified atom stereocenters. The summed E-state index contributed by atoms with van der Waals surface area (Å²) in [7, 11) is 0. The lowest BCUT2D eigenvalue weighted by Crippen LogP contribution is -2.28. The number of likely N-dealkylation sites (tertiary alicyclic amines) is 1. The third-order valence-corrected chi connectivity index (χ3v) is 3.24. The van der Waals surface area contributed by atoms with Gasteiger partial charge in [-0.25, -0.2) is 4.79 Å². The lowest BCUT2D eigenvalue weighted by atomic mass is 10.2. The van der Waals surface area contributed by atoms with Gasteiger partial charge in [-0.3, -0.25) is 4.90 Å². The van der Waals surface area contributed by atoms with Crippen LogP contribution in [0.15, 0.2) is 34.7 Å². The van der Waals surface area contributed by atoms with Crippen molar-refractivity contribution in [1.29, 1.82) is 0 Å². The van der Waals surface area contributed by atoms with Gasteiger partial charge in [-0.05, 0) is 25.0 Å². The van der Waals surface area contributed by atoms with Crippen LogP contribution in [0.2, 0.25) is 0 Å². The molecule has 1 aromatic carbocycles. The van der Waals surface area contributed by atoms with E-state index < -0.39 is 6.09 Å². The van der Waals surface area contributed by atoms with E-state index in [2.05, 4.69) is 10.2 Å². The molecule has 1 amide bonds. The van der Waals surface area contributed by atoms with Gasteiger partial charge in [0.1, 0.15) is 6.04 Å². The maximum Gasteiger partial charge on any atom is 0.407 e. The molecule has 6 nitrogen and oxygen atoms in total. The summed E-state index contributed by atoms with van der Waals surface area (Å²) in [4.78, 5) is 12.4. The smallest absolute Gasteiger partial charge is 0.407 e. The van der Waals surface area contributed by atoms with Gasteiger partial charge >= 0.3 is 6.09 Å². The maximum atomic E-state index is 11.1. The lowest BCUT2D eigenvalue weighted by Gasteiger charge is -2.17. The van der Waals surface area contributed by atoms with Crippen molar-refractivity contribution in [2.45, 2.75) is 18.9 Å². The van der Waals surface area contributed by atoms with Crippen LogP contribution in [0, 0.1) is 0 Å². The number of hydrogen-bond donors (Lipinski definition) is 1. The van der Waals surface area contributed by atoms with Crippen molar-refractivity contribution in [2.24, 2.45) is 0 Å². The van der Waals surface area contributed by atoms with Crippen LogP contribution in [0.5, 0.6) is 0 Å². The van der Waals surface area contributed by atoms with E-state index in [4.69, 9.17) is 9.52 Å². The first kappa shape index (κ1) is 11.7. The predicted octanol–water partition coefficient (Wildman–Crippen LogP) is 2.55. The predicted molar refractivity (Wildman–Crippen MR) is 66.4 cm³/mol. The van der Waals surface area contributed by atoms with Crippen LogP contribution in [0.4, 0.5) is 4.79 Å². The van der Waals surface area contributed by atoms with Crippen LogP contribution in [0.25, 0.3) is 11.5 Å². The minimum absolute atomic E-state index is 0.317. The highest BCUT2D eigenvalue weighted by atomic mass is 16.4. The van der Waals surface area contributed by atoms with E-state index in [1.54, 1.807) is 0 Å². The molecular weight excluding hydrogens is 246 g/mol. The van der Waals surface area contributed by atoms with Gasteiger partial charge < -0.3 is 9.52 Å². The lowest BCUT2D eigenvalue weighted by molar-refractivity contribution is 0.134. The van der Waals surface area contributed by atoms with Gasteiger partial charge in [0.25, 0.3) is 0 Å². The van der Waals surface area contributed by atoms with Gasteiger partial charge in [0, 0.05) is 12.1 Å². The van der Waals surface area contributed by atoms with Crippen LogP contribution in [-0.4, -0.2) is 32.8 Å². The van der Waals surface area contributed by atoms with Crippen LogP contribution >= 0.6 is 0 Å². The van der Waals surface area contributed by atoms with Gasteiger partial charge in [0.05, 0.1) is 0 Å². The molecule has 0 saturated carbocycles. The Morgan fingerprint density at radius 2 is 2.11 bits per heavy atom. The second-order valence-electron chi connectivity index (χ2n) is 4.45. The molecule has 3 rings (SSSR count). The fourth-order valence-corrected chi connectivity index (χ4v) is 2.32. The number of benzene rings is 1. The van der Waals surface area contributed by atoms with Gasteiger partial charge in [0.15, 0.2) is 0 Å². The SMILES string of the molecule is O=C(O)N1CCC[C@H]1c1nnc(-c2ccccc2)o1. The summed E-state index contributed by atoms with van der Waals surface area (Å²) in [6, 6.07) is 9.12. The van der Waals surface area contributed by atoms with Crippen LogP contribution in [-0.2, 0) is 0 Å². The zero-order valence-electron chi connectivity index (χ0n) is 10.2. The molecular formula is C13H13N3O3. The molecule has 1 fully saturated rings. The molecule has 98 valence electrons.